The van der Waals surface area contributed by atoms with Crippen LogP contribution in [0.1, 0.15) is 25.7 Å². The topological polar surface area (TPSA) is 59.1 Å². The molecule has 1 heterocycles. The fraction of sp³-hybridized carbons (Fsp3) is 0.417. The highest BCUT2D eigenvalue weighted by atomic mass is 16.2. The summed E-state index contributed by atoms with van der Waals surface area (Å²) in [6.45, 7) is 0. The average molecular weight is 218 g/mol. The normalized spacial score (nSPS) is 17.1. The lowest BCUT2D eigenvalue weighted by molar-refractivity contribution is -0.125. The van der Waals surface area contributed by atoms with Crippen molar-refractivity contribution in [2.45, 2.75) is 25.7 Å². The molecule has 1 saturated carbocycles. The highest BCUT2D eigenvalue weighted by Crippen LogP contribution is 2.22. The molecule has 0 saturated heterocycles. The first-order valence-electron chi connectivity index (χ1n) is 5.49. The molecule has 1 aliphatic carbocycles. The van der Waals surface area contributed by atoms with Crippen LogP contribution in [-0.4, -0.2) is 16.7 Å². The Hall–Kier alpha value is -1.71. The molecule has 0 aliphatic heterocycles. The van der Waals surface area contributed by atoms with Gasteiger partial charge in [0.2, 0.25) is 5.91 Å². The van der Waals surface area contributed by atoms with Gasteiger partial charge in [-0.3, -0.25) is 9.59 Å². The van der Waals surface area contributed by atoms with Crippen molar-refractivity contribution in [3.8, 4) is 0 Å². The smallest absolute Gasteiger partial charge is 0.228 e. The lowest BCUT2D eigenvalue weighted by Crippen LogP contribution is -2.27. The van der Waals surface area contributed by atoms with Crippen LogP contribution in [0.25, 0.3) is 0 Å². The highest BCUT2D eigenvalue weighted by Gasteiger charge is 2.24. The molecule has 0 spiro atoms. The van der Waals surface area contributed by atoms with E-state index in [4.69, 9.17) is 0 Å². The lowest BCUT2D eigenvalue weighted by Gasteiger charge is -2.19. The van der Waals surface area contributed by atoms with Gasteiger partial charge in [-0.1, -0.05) is 6.07 Å². The third-order valence-electron chi connectivity index (χ3n) is 2.83. The molecule has 1 N–H and O–H groups in total. The van der Waals surface area contributed by atoms with Gasteiger partial charge in [-0.2, -0.15) is 0 Å². The maximum Gasteiger partial charge on any atom is 0.228 e. The van der Waals surface area contributed by atoms with E-state index < -0.39 is 0 Å². The minimum absolute atomic E-state index is 0.0220. The molecule has 0 atom stereocenters. The molecular formula is C12H14N2O2. The van der Waals surface area contributed by atoms with Crippen LogP contribution < -0.4 is 5.32 Å². The van der Waals surface area contributed by atoms with Crippen molar-refractivity contribution >= 4 is 17.5 Å². The zero-order valence-electron chi connectivity index (χ0n) is 8.98. The standard InChI is InChI=1S/C12H14N2O2/c15-10-6-4-9(5-7-10)12(16)14-11-3-1-2-8-13-11/h1-3,8-9H,4-7H2,(H,13,14,16). The fourth-order valence-electron chi connectivity index (χ4n) is 1.87. The molecule has 0 unspecified atom stereocenters. The lowest BCUT2D eigenvalue weighted by atomic mass is 9.88. The van der Waals surface area contributed by atoms with E-state index in [1.807, 2.05) is 6.07 Å². The Labute approximate surface area is 94.1 Å². The molecule has 0 radical (unpaired) electrons. The summed E-state index contributed by atoms with van der Waals surface area (Å²) in [7, 11) is 0. The van der Waals surface area contributed by atoms with E-state index in [-0.39, 0.29) is 17.6 Å². The van der Waals surface area contributed by atoms with Crippen LogP contribution in [0.5, 0.6) is 0 Å². The van der Waals surface area contributed by atoms with Crippen LogP contribution in [0.15, 0.2) is 24.4 Å². The number of aromatic nitrogens is 1. The maximum absolute atomic E-state index is 11.8. The Morgan fingerprint density at radius 3 is 2.69 bits per heavy atom. The van der Waals surface area contributed by atoms with Crippen molar-refractivity contribution in [2.24, 2.45) is 5.92 Å². The Balaban J connectivity index is 1.91. The van der Waals surface area contributed by atoms with Gasteiger partial charge >= 0.3 is 0 Å². The largest absolute Gasteiger partial charge is 0.310 e. The molecule has 1 aromatic heterocycles. The molecule has 1 aromatic rings. The third-order valence-corrected chi connectivity index (χ3v) is 2.83. The van der Waals surface area contributed by atoms with Crippen LogP contribution in [0, 0.1) is 5.92 Å². The number of carbonyl (C=O) groups is 2. The van der Waals surface area contributed by atoms with Gasteiger partial charge in [-0.25, -0.2) is 4.98 Å². The number of amides is 1. The van der Waals surface area contributed by atoms with Crippen LogP contribution in [-0.2, 0) is 9.59 Å². The van der Waals surface area contributed by atoms with Gasteiger partial charge in [0, 0.05) is 25.0 Å². The van der Waals surface area contributed by atoms with Crippen molar-refractivity contribution in [1.82, 2.24) is 4.98 Å². The Morgan fingerprint density at radius 1 is 1.31 bits per heavy atom. The van der Waals surface area contributed by atoms with E-state index in [1.165, 1.54) is 0 Å². The van der Waals surface area contributed by atoms with Gasteiger partial charge in [0.05, 0.1) is 0 Å². The number of pyridine rings is 1. The fourth-order valence-corrected chi connectivity index (χ4v) is 1.87. The average Bonchev–Trinajstić information content (AvgIpc) is 2.31. The Morgan fingerprint density at radius 2 is 2.06 bits per heavy atom. The van der Waals surface area contributed by atoms with E-state index in [2.05, 4.69) is 10.3 Å². The highest BCUT2D eigenvalue weighted by molar-refractivity contribution is 5.93. The molecule has 1 fully saturated rings. The van der Waals surface area contributed by atoms with E-state index in [0.29, 0.717) is 31.5 Å². The molecular weight excluding hydrogens is 204 g/mol. The number of hydrogen-bond acceptors (Lipinski definition) is 3. The van der Waals surface area contributed by atoms with Crippen molar-refractivity contribution in [1.29, 1.82) is 0 Å². The summed E-state index contributed by atoms with van der Waals surface area (Å²) >= 11 is 0. The van der Waals surface area contributed by atoms with Gasteiger partial charge in [0.1, 0.15) is 11.6 Å². The number of nitrogens with zero attached hydrogens (tertiary/aromatic N) is 1. The Kier molecular flexibility index (Phi) is 3.29. The van der Waals surface area contributed by atoms with Gasteiger partial charge < -0.3 is 5.32 Å². The summed E-state index contributed by atoms with van der Waals surface area (Å²) in [5.41, 5.74) is 0. The van der Waals surface area contributed by atoms with Gasteiger partial charge in [-0.05, 0) is 25.0 Å². The number of ketones is 1. The molecule has 1 aliphatic rings. The van der Waals surface area contributed by atoms with Crippen LogP contribution in [0.3, 0.4) is 0 Å². The van der Waals surface area contributed by atoms with E-state index >= 15 is 0 Å². The summed E-state index contributed by atoms with van der Waals surface area (Å²) in [6, 6.07) is 5.38. The summed E-state index contributed by atoms with van der Waals surface area (Å²) < 4.78 is 0. The second-order valence-electron chi connectivity index (χ2n) is 4.02. The predicted molar refractivity (Wildman–Crippen MR) is 59.8 cm³/mol. The first-order chi connectivity index (χ1) is 7.75. The van der Waals surface area contributed by atoms with Crippen molar-refractivity contribution in [2.75, 3.05) is 5.32 Å². The minimum atomic E-state index is -0.0419. The molecule has 16 heavy (non-hydrogen) atoms. The number of rotatable bonds is 2. The number of nitrogens with one attached hydrogen (secondary N) is 1. The Bertz CT molecular complexity index is 379. The van der Waals surface area contributed by atoms with Crippen LogP contribution in [0.2, 0.25) is 0 Å². The zero-order valence-corrected chi connectivity index (χ0v) is 8.98. The molecule has 0 bridgehead atoms. The second kappa shape index (κ2) is 4.88. The predicted octanol–water partition coefficient (Wildman–Crippen LogP) is 1.78. The minimum Gasteiger partial charge on any atom is -0.310 e. The van der Waals surface area contributed by atoms with Crippen molar-refractivity contribution in [3.05, 3.63) is 24.4 Å². The first kappa shape index (κ1) is 10.8. The monoisotopic (exact) mass is 218 g/mol. The van der Waals surface area contributed by atoms with Crippen molar-refractivity contribution < 1.29 is 9.59 Å². The molecule has 0 aromatic carbocycles. The third kappa shape index (κ3) is 2.66. The van der Waals surface area contributed by atoms with Gasteiger partial charge in [0.25, 0.3) is 0 Å². The SMILES string of the molecule is O=C1CCC(C(=O)Nc2ccccn2)CC1. The van der Waals surface area contributed by atoms with Crippen LogP contribution in [0.4, 0.5) is 5.82 Å². The molecule has 4 nitrogen and oxygen atoms in total. The molecule has 1 amide bonds. The molecule has 84 valence electrons. The van der Waals surface area contributed by atoms with E-state index in [0.717, 1.165) is 0 Å². The van der Waals surface area contributed by atoms with E-state index in [9.17, 15) is 9.59 Å². The molecule has 2 rings (SSSR count). The molecule has 4 heteroatoms. The first-order valence-corrected chi connectivity index (χ1v) is 5.49. The maximum atomic E-state index is 11.8. The number of Topliss-reactive ketones (excluding diaryl/α,β-unsaturated/α-hetero) is 1. The zero-order chi connectivity index (χ0) is 11.4. The van der Waals surface area contributed by atoms with Crippen LogP contribution >= 0.6 is 0 Å². The summed E-state index contributed by atoms with van der Waals surface area (Å²) in [5, 5.41) is 2.77. The quantitative estimate of drug-likeness (QED) is 0.823. The van der Waals surface area contributed by atoms with Gasteiger partial charge in [0.15, 0.2) is 0 Å². The summed E-state index contributed by atoms with van der Waals surface area (Å²) in [5.74, 6) is 0.775. The summed E-state index contributed by atoms with van der Waals surface area (Å²) in [4.78, 5) is 26.9. The number of hydrogen-bond donors (Lipinski definition) is 1. The second-order valence-corrected chi connectivity index (χ2v) is 4.02. The van der Waals surface area contributed by atoms with E-state index in [1.54, 1.807) is 18.3 Å². The van der Waals surface area contributed by atoms with Crippen molar-refractivity contribution in [3.63, 3.8) is 0 Å². The summed E-state index contributed by atoms with van der Waals surface area (Å²) in [6.07, 6.45) is 4.02. The number of carbonyl (C=O) groups excluding carboxylic acids is 2. The van der Waals surface area contributed by atoms with Gasteiger partial charge in [-0.15, -0.1) is 0 Å². The number of anilines is 1.